The Bertz CT molecular complexity index is 593. The van der Waals surface area contributed by atoms with Gasteiger partial charge in [0.1, 0.15) is 0 Å². The van der Waals surface area contributed by atoms with Gasteiger partial charge in [0.05, 0.1) is 0 Å². The largest absolute Gasteiger partial charge is 0.361 e. The van der Waals surface area contributed by atoms with Crippen molar-refractivity contribution in [2.24, 2.45) is 0 Å². The highest BCUT2D eigenvalue weighted by Crippen LogP contribution is 2.31. The third kappa shape index (κ3) is 2.72. The predicted octanol–water partition coefficient (Wildman–Crippen LogP) is 3.75. The monoisotopic (exact) mass is 295 g/mol. The standard InChI is InChI=1S/C19H19O3/c1-14(2)19(22-3,17(20)15-10-6-4-7-11-15)18(21)16-12-8-5-9-13-16/h4-13H,1-3H3. The molecule has 3 nitrogen and oxygen atoms in total. The summed E-state index contributed by atoms with van der Waals surface area (Å²) >= 11 is 0. The molecule has 0 saturated carbocycles. The maximum atomic E-state index is 13.0. The van der Waals surface area contributed by atoms with Gasteiger partial charge in [-0.1, -0.05) is 74.5 Å². The second-order valence-corrected chi connectivity index (χ2v) is 5.28. The second-order valence-electron chi connectivity index (χ2n) is 5.28. The van der Waals surface area contributed by atoms with E-state index in [0.717, 1.165) is 0 Å². The summed E-state index contributed by atoms with van der Waals surface area (Å²) in [6.45, 7) is 3.48. The lowest BCUT2D eigenvalue weighted by molar-refractivity contribution is 0.0151. The van der Waals surface area contributed by atoms with Crippen molar-refractivity contribution in [1.82, 2.24) is 0 Å². The first-order chi connectivity index (χ1) is 10.5. The van der Waals surface area contributed by atoms with Gasteiger partial charge in [-0.3, -0.25) is 9.59 Å². The van der Waals surface area contributed by atoms with Crippen LogP contribution in [0.1, 0.15) is 34.6 Å². The fourth-order valence-electron chi connectivity index (χ4n) is 2.53. The lowest BCUT2D eigenvalue weighted by Crippen LogP contribution is -2.52. The van der Waals surface area contributed by atoms with E-state index in [1.807, 2.05) is 12.1 Å². The molecule has 0 amide bonds. The van der Waals surface area contributed by atoms with Crippen molar-refractivity contribution in [3.05, 3.63) is 77.7 Å². The van der Waals surface area contributed by atoms with Gasteiger partial charge in [-0.2, -0.15) is 0 Å². The van der Waals surface area contributed by atoms with Crippen molar-refractivity contribution >= 4 is 11.6 Å². The van der Waals surface area contributed by atoms with Crippen LogP contribution in [0.25, 0.3) is 0 Å². The third-order valence-electron chi connectivity index (χ3n) is 3.72. The highest BCUT2D eigenvalue weighted by molar-refractivity contribution is 6.24. The van der Waals surface area contributed by atoms with Crippen LogP contribution in [0.5, 0.6) is 0 Å². The van der Waals surface area contributed by atoms with Crippen LogP contribution in [0, 0.1) is 5.92 Å². The van der Waals surface area contributed by atoms with Crippen molar-refractivity contribution in [3.8, 4) is 0 Å². The molecule has 0 spiro atoms. The van der Waals surface area contributed by atoms with Gasteiger partial charge in [-0.05, 0) is 0 Å². The maximum absolute atomic E-state index is 13.0. The maximum Gasteiger partial charge on any atom is 0.203 e. The average Bonchev–Trinajstić information content (AvgIpc) is 2.57. The Kier molecular flexibility index (Phi) is 4.88. The summed E-state index contributed by atoms with van der Waals surface area (Å²) in [6, 6.07) is 17.5. The normalized spacial score (nSPS) is 11.5. The molecule has 0 fully saturated rings. The van der Waals surface area contributed by atoms with E-state index in [9.17, 15) is 9.59 Å². The third-order valence-corrected chi connectivity index (χ3v) is 3.72. The Morgan fingerprint density at radius 3 is 1.41 bits per heavy atom. The van der Waals surface area contributed by atoms with Crippen LogP contribution in [0.15, 0.2) is 60.7 Å². The molecule has 0 bridgehead atoms. The summed E-state index contributed by atoms with van der Waals surface area (Å²) in [5.74, 6) is -0.0772. The minimum atomic E-state index is -1.59. The number of benzene rings is 2. The van der Waals surface area contributed by atoms with Gasteiger partial charge in [0.25, 0.3) is 0 Å². The molecule has 0 unspecified atom stereocenters. The van der Waals surface area contributed by atoms with Crippen LogP contribution in [0.4, 0.5) is 0 Å². The van der Waals surface area contributed by atoms with Gasteiger partial charge in [0.2, 0.25) is 11.6 Å². The van der Waals surface area contributed by atoms with E-state index in [4.69, 9.17) is 4.74 Å². The molecule has 2 rings (SSSR count). The van der Waals surface area contributed by atoms with Crippen LogP contribution < -0.4 is 0 Å². The van der Waals surface area contributed by atoms with Crippen LogP contribution >= 0.6 is 0 Å². The van der Waals surface area contributed by atoms with Crippen LogP contribution in [0.3, 0.4) is 0 Å². The van der Waals surface area contributed by atoms with E-state index in [1.54, 1.807) is 62.4 Å². The molecule has 0 aromatic heterocycles. The van der Waals surface area contributed by atoms with E-state index in [-0.39, 0.29) is 11.6 Å². The van der Waals surface area contributed by atoms with Gasteiger partial charge in [0, 0.05) is 24.2 Å². The fourth-order valence-corrected chi connectivity index (χ4v) is 2.53. The Hall–Kier alpha value is -2.26. The number of carbonyl (C=O) groups excluding carboxylic acids is 2. The molecule has 0 aliphatic rings. The molecule has 2 aromatic rings. The number of ketones is 2. The molecule has 0 aliphatic carbocycles. The molecule has 3 heteroatoms. The zero-order valence-electron chi connectivity index (χ0n) is 13.0. The number of hydrogen-bond donors (Lipinski definition) is 0. The first-order valence-corrected chi connectivity index (χ1v) is 7.09. The van der Waals surface area contributed by atoms with Gasteiger partial charge >= 0.3 is 0 Å². The molecule has 0 saturated heterocycles. The van der Waals surface area contributed by atoms with Gasteiger partial charge in [-0.25, -0.2) is 0 Å². The lowest BCUT2D eigenvalue weighted by atomic mass is 9.77. The van der Waals surface area contributed by atoms with Gasteiger partial charge < -0.3 is 4.74 Å². The topological polar surface area (TPSA) is 43.4 Å². The van der Waals surface area contributed by atoms with Crippen LogP contribution in [0.2, 0.25) is 0 Å². The minimum absolute atomic E-state index is 0.343. The first-order valence-electron chi connectivity index (χ1n) is 7.09. The van der Waals surface area contributed by atoms with Crippen molar-refractivity contribution in [3.63, 3.8) is 0 Å². The molecule has 2 aromatic carbocycles. The van der Waals surface area contributed by atoms with Crippen molar-refractivity contribution in [1.29, 1.82) is 0 Å². The van der Waals surface area contributed by atoms with E-state index in [0.29, 0.717) is 17.0 Å². The minimum Gasteiger partial charge on any atom is -0.361 e. The first kappa shape index (κ1) is 16.1. The molecule has 0 heterocycles. The molecule has 0 N–H and O–H groups in total. The smallest absolute Gasteiger partial charge is 0.203 e. The molecular weight excluding hydrogens is 276 g/mol. The van der Waals surface area contributed by atoms with E-state index in [2.05, 4.69) is 0 Å². The molecule has 0 atom stereocenters. The molecule has 22 heavy (non-hydrogen) atoms. The highest BCUT2D eigenvalue weighted by Gasteiger charge is 2.49. The molecule has 1 radical (unpaired) electrons. The van der Waals surface area contributed by atoms with E-state index < -0.39 is 5.60 Å². The summed E-state index contributed by atoms with van der Waals surface area (Å²) < 4.78 is 5.50. The van der Waals surface area contributed by atoms with Crippen molar-refractivity contribution in [2.75, 3.05) is 7.11 Å². The summed E-state index contributed by atoms with van der Waals surface area (Å²) in [4.78, 5) is 26.0. The number of hydrogen-bond acceptors (Lipinski definition) is 3. The van der Waals surface area contributed by atoms with Crippen molar-refractivity contribution < 1.29 is 14.3 Å². The number of rotatable bonds is 6. The van der Waals surface area contributed by atoms with E-state index in [1.165, 1.54) is 7.11 Å². The zero-order chi connectivity index (χ0) is 16.2. The average molecular weight is 295 g/mol. The summed E-state index contributed by atoms with van der Waals surface area (Å²) in [7, 11) is 1.40. The quantitative estimate of drug-likeness (QED) is 0.602. The number of ether oxygens (including phenoxy) is 1. The predicted molar refractivity (Wildman–Crippen MR) is 85.9 cm³/mol. The Morgan fingerprint density at radius 1 is 0.773 bits per heavy atom. The Morgan fingerprint density at radius 2 is 1.14 bits per heavy atom. The number of Topliss-reactive ketones (excluding diaryl/α,β-unsaturated/α-hetero) is 2. The number of methoxy groups -OCH3 is 1. The number of carbonyl (C=O) groups is 2. The fraction of sp³-hybridized carbons (Fsp3) is 0.211. The van der Waals surface area contributed by atoms with Crippen LogP contribution in [-0.2, 0) is 4.74 Å². The van der Waals surface area contributed by atoms with Gasteiger partial charge in [0.15, 0.2) is 5.60 Å². The second kappa shape index (κ2) is 6.67. The Labute approximate surface area is 130 Å². The SMILES string of the molecule is COC([C](C)C)(C(=O)c1ccccc1)C(=O)c1ccccc1. The molecule has 0 aliphatic heterocycles. The molecular formula is C19H19O3. The van der Waals surface area contributed by atoms with Crippen LogP contribution in [-0.4, -0.2) is 24.3 Å². The highest BCUT2D eigenvalue weighted by atomic mass is 16.5. The van der Waals surface area contributed by atoms with E-state index >= 15 is 0 Å². The lowest BCUT2D eigenvalue weighted by Gasteiger charge is -2.33. The summed E-state index contributed by atoms with van der Waals surface area (Å²) in [5.41, 5.74) is -0.687. The van der Waals surface area contributed by atoms with Gasteiger partial charge in [-0.15, -0.1) is 0 Å². The summed E-state index contributed by atoms with van der Waals surface area (Å²) in [5, 5.41) is 0. The van der Waals surface area contributed by atoms with Crippen molar-refractivity contribution in [2.45, 2.75) is 19.4 Å². The Balaban J connectivity index is 2.54. The molecule has 113 valence electrons. The summed E-state index contributed by atoms with van der Waals surface area (Å²) in [6.07, 6.45) is 0. The zero-order valence-corrected chi connectivity index (χ0v) is 13.0.